The van der Waals surface area contributed by atoms with Gasteiger partial charge in [0.15, 0.2) is 0 Å². The van der Waals surface area contributed by atoms with E-state index in [0.29, 0.717) is 12.5 Å². The summed E-state index contributed by atoms with van der Waals surface area (Å²) in [5.74, 6) is 1.64. The molecule has 110 valence electrons. The lowest BCUT2D eigenvalue weighted by molar-refractivity contribution is -0.125. The van der Waals surface area contributed by atoms with Crippen LogP contribution in [0.25, 0.3) is 0 Å². The third-order valence-electron chi connectivity index (χ3n) is 4.32. The van der Waals surface area contributed by atoms with Crippen LogP contribution in [0.1, 0.15) is 42.3 Å². The van der Waals surface area contributed by atoms with Gasteiger partial charge in [0.2, 0.25) is 5.91 Å². The van der Waals surface area contributed by atoms with E-state index in [1.807, 2.05) is 16.8 Å². The SMILES string of the molecule is O=C(NCc1cc(C2CC2)on1)C1CCn2nccc2C1. The molecule has 1 amide bonds. The van der Waals surface area contributed by atoms with E-state index in [4.69, 9.17) is 4.52 Å². The van der Waals surface area contributed by atoms with Gasteiger partial charge in [-0.1, -0.05) is 5.16 Å². The molecule has 1 fully saturated rings. The highest BCUT2D eigenvalue weighted by molar-refractivity contribution is 5.78. The second-order valence-corrected chi connectivity index (χ2v) is 5.95. The van der Waals surface area contributed by atoms with Gasteiger partial charge in [-0.05, 0) is 25.3 Å². The number of hydrogen-bond donors (Lipinski definition) is 1. The fourth-order valence-electron chi connectivity index (χ4n) is 2.89. The van der Waals surface area contributed by atoms with Crippen molar-refractivity contribution >= 4 is 5.91 Å². The second kappa shape index (κ2) is 5.02. The van der Waals surface area contributed by atoms with Crippen LogP contribution in [0.15, 0.2) is 22.9 Å². The number of carbonyl (C=O) groups is 1. The molecule has 1 saturated carbocycles. The van der Waals surface area contributed by atoms with Gasteiger partial charge in [0, 0.05) is 42.8 Å². The maximum Gasteiger partial charge on any atom is 0.223 e. The van der Waals surface area contributed by atoms with Crippen LogP contribution in [0.3, 0.4) is 0 Å². The molecule has 0 saturated heterocycles. The van der Waals surface area contributed by atoms with Crippen LogP contribution in [-0.4, -0.2) is 20.8 Å². The summed E-state index contributed by atoms with van der Waals surface area (Å²) in [6.45, 7) is 1.26. The number of fused-ring (bicyclic) bond motifs is 1. The number of hydrogen-bond acceptors (Lipinski definition) is 4. The lowest BCUT2D eigenvalue weighted by Gasteiger charge is -2.22. The molecule has 0 radical (unpaired) electrons. The Morgan fingerprint density at radius 3 is 3.19 bits per heavy atom. The topological polar surface area (TPSA) is 73.0 Å². The van der Waals surface area contributed by atoms with Crippen molar-refractivity contribution in [1.29, 1.82) is 0 Å². The largest absolute Gasteiger partial charge is 0.361 e. The van der Waals surface area contributed by atoms with E-state index >= 15 is 0 Å². The molecule has 1 aliphatic carbocycles. The van der Waals surface area contributed by atoms with Crippen LogP contribution in [0.2, 0.25) is 0 Å². The van der Waals surface area contributed by atoms with Crippen LogP contribution in [-0.2, 0) is 24.3 Å². The van der Waals surface area contributed by atoms with Gasteiger partial charge in [-0.2, -0.15) is 5.10 Å². The predicted octanol–water partition coefficient (Wildman–Crippen LogP) is 1.63. The molecule has 0 aromatic carbocycles. The van der Waals surface area contributed by atoms with E-state index in [-0.39, 0.29) is 11.8 Å². The predicted molar refractivity (Wildman–Crippen MR) is 74.4 cm³/mol. The van der Waals surface area contributed by atoms with E-state index in [0.717, 1.165) is 36.5 Å². The van der Waals surface area contributed by atoms with Crippen LogP contribution in [0.5, 0.6) is 0 Å². The quantitative estimate of drug-likeness (QED) is 0.927. The van der Waals surface area contributed by atoms with Crippen molar-refractivity contribution in [1.82, 2.24) is 20.3 Å². The number of nitrogens with one attached hydrogen (secondary N) is 1. The maximum absolute atomic E-state index is 12.3. The Bertz CT molecular complexity index is 656. The summed E-state index contributed by atoms with van der Waals surface area (Å²) < 4.78 is 7.27. The van der Waals surface area contributed by atoms with Crippen molar-refractivity contribution in [2.24, 2.45) is 5.92 Å². The highest BCUT2D eigenvalue weighted by Crippen LogP contribution is 2.40. The molecular formula is C15H18N4O2. The Balaban J connectivity index is 1.33. The van der Waals surface area contributed by atoms with E-state index in [1.54, 1.807) is 6.20 Å². The number of carbonyl (C=O) groups excluding carboxylic acids is 1. The Labute approximate surface area is 122 Å². The molecule has 1 aliphatic heterocycles. The molecule has 4 rings (SSSR count). The molecule has 3 heterocycles. The van der Waals surface area contributed by atoms with Gasteiger partial charge >= 0.3 is 0 Å². The van der Waals surface area contributed by atoms with Gasteiger partial charge in [-0.15, -0.1) is 0 Å². The average Bonchev–Trinajstić information content (AvgIpc) is 3.07. The summed E-state index contributed by atoms with van der Waals surface area (Å²) in [6, 6.07) is 3.95. The van der Waals surface area contributed by atoms with Crippen molar-refractivity contribution in [2.45, 2.75) is 44.7 Å². The fourth-order valence-corrected chi connectivity index (χ4v) is 2.89. The summed E-state index contributed by atoms with van der Waals surface area (Å²) >= 11 is 0. The first kappa shape index (κ1) is 12.6. The Kier molecular flexibility index (Phi) is 3.02. The van der Waals surface area contributed by atoms with Crippen LogP contribution >= 0.6 is 0 Å². The Morgan fingerprint density at radius 1 is 1.43 bits per heavy atom. The molecule has 0 spiro atoms. The molecule has 2 aromatic rings. The summed E-state index contributed by atoms with van der Waals surface area (Å²) in [5, 5.41) is 11.2. The third kappa shape index (κ3) is 2.57. The molecular weight excluding hydrogens is 268 g/mol. The van der Waals surface area contributed by atoms with E-state index in [2.05, 4.69) is 15.6 Å². The lowest BCUT2D eigenvalue weighted by atomic mass is 9.95. The van der Waals surface area contributed by atoms with Gasteiger partial charge < -0.3 is 9.84 Å². The number of rotatable bonds is 4. The summed E-state index contributed by atoms with van der Waals surface area (Å²) in [6.07, 6.45) is 5.78. The fraction of sp³-hybridized carbons (Fsp3) is 0.533. The average molecular weight is 286 g/mol. The van der Waals surface area contributed by atoms with Crippen molar-refractivity contribution in [3.63, 3.8) is 0 Å². The number of aryl methyl sites for hydroxylation is 1. The molecule has 1 unspecified atom stereocenters. The smallest absolute Gasteiger partial charge is 0.223 e. The van der Waals surface area contributed by atoms with Crippen molar-refractivity contribution in [3.05, 3.63) is 35.5 Å². The van der Waals surface area contributed by atoms with Gasteiger partial charge in [0.05, 0.1) is 6.54 Å². The first-order chi connectivity index (χ1) is 10.3. The molecule has 0 bridgehead atoms. The summed E-state index contributed by atoms with van der Waals surface area (Å²) in [4.78, 5) is 12.3. The molecule has 6 heteroatoms. The number of nitrogens with zero attached hydrogens (tertiary/aromatic N) is 3. The molecule has 21 heavy (non-hydrogen) atoms. The highest BCUT2D eigenvalue weighted by atomic mass is 16.5. The first-order valence-electron chi connectivity index (χ1n) is 7.53. The molecule has 1 N–H and O–H groups in total. The lowest BCUT2D eigenvalue weighted by Crippen LogP contribution is -2.35. The number of aromatic nitrogens is 3. The van der Waals surface area contributed by atoms with E-state index in [9.17, 15) is 4.79 Å². The molecule has 2 aliphatic rings. The Morgan fingerprint density at radius 2 is 2.33 bits per heavy atom. The minimum atomic E-state index is 0.0315. The summed E-state index contributed by atoms with van der Waals surface area (Å²) in [5.41, 5.74) is 1.95. The zero-order chi connectivity index (χ0) is 14.2. The Hall–Kier alpha value is -2.11. The van der Waals surface area contributed by atoms with Crippen molar-refractivity contribution in [2.75, 3.05) is 0 Å². The van der Waals surface area contributed by atoms with Gasteiger partial charge in [0.25, 0.3) is 0 Å². The normalized spacial score (nSPS) is 21.0. The summed E-state index contributed by atoms with van der Waals surface area (Å²) in [7, 11) is 0. The van der Waals surface area contributed by atoms with Crippen LogP contribution < -0.4 is 5.32 Å². The zero-order valence-corrected chi connectivity index (χ0v) is 11.8. The molecule has 6 nitrogen and oxygen atoms in total. The minimum absolute atomic E-state index is 0.0315. The van der Waals surface area contributed by atoms with Crippen molar-refractivity contribution < 1.29 is 9.32 Å². The molecule has 1 atom stereocenters. The minimum Gasteiger partial charge on any atom is -0.361 e. The zero-order valence-electron chi connectivity index (χ0n) is 11.8. The van der Waals surface area contributed by atoms with Crippen LogP contribution in [0.4, 0.5) is 0 Å². The second-order valence-electron chi connectivity index (χ2n) is 5.95. The molecule has 2 aromatic heterocycles. The number of amides is 1. The van der Waals surface area contributed by atoms with Gasteiger partial charge in [-0.25, -0.2) is 0 Å². The first-order valence-corrected chi connectivity index (χ1v) is 7.53. The highest BCUT2D eigenvalue weighted by Gasteiger charge is 2.28. The standard InChI is InChI=1S/C15H18N4O2/c20-15(11-4-6-19-13(7-11)3-5-17-19)16-9-12-8-14(21-18-12)10-1-2-10/h3,5,8,10-11H,1-2,4,6-7,9H2,(H,16,20). The van der Waals surface area contributed by atoms with Crippen LogP contribution in [0, 0.1) is 5.92 Å². The monoisotopic (exact) mass is 286 g/mol. The maximum atomic E-state index is 12.3. The van der Waals surface area contributed by atoms with E-state index < -0.39 is 0 Å². The van der Waals surface area contributed by atoms with Crippen molar-refractivity contribution in [3.8, 4) is 0 Å². The van der Waals surface area contributed by atoms with E-state index in [1.165, 1.54) is 12.8 Å². The van der Waals surface area contributed by atoms with Gasteiger partial charge in [-0.3, -0.25) is 9.48 Å². The van der Waals surface area contributed by atoms with Gasteiger partial charge in [0.1, 0.15) is 11.5 Å². The third-order valence-corrected chi connectivity index (χ3v) is 4.32.